The second-order valence-electron chi connectivity index (χ2n) is 5.89. The Morgan fingerprint density at radius 1 is 1.40 bits per heavy atom. The van der Waals surface area contributed by atoms with Gasteiger partial charge in [0.25, 0.3) is 0 Å². The zero-order valence-corrected chi connectivity index (χ0v) is 12.1. The first-order chi connectivity index (χ1) is 9.60. The molecule has 1 atom stereocenters. The van der Waals surface area contributed by atoms with Crippen molar-refractivity contribution in [3.05, 3.63) is 30.1 Å². The van der Waals surface area contributed by atoms with Crippen molar-refractivity contribution in [3.8, 4) is 0 Å². The van der Waals surface area contributed by atoms with Crippen molar-refractivity contribution < 1.29 is 4.79 Å². The van der Waals surface area contributed by atoms with E-state index in [1.54, 1.807) is 0 Å². The lowest BCUT2D eigenvalue weighted by molar-refractivity contribution is -0.125. The fourth-order valence-electron chi connectivity index (χ4n) is 2.99. The molecule has 0 radical (unpaired) electrons. The maximum atomic E-state index is 12.6. The fourth-order valence-corrected chi connectivity index (χ4v) is 2.99. The van der Waals surface area contributed by atoms with E-state index >= 15 is 0 Å². The van der Waals surface area contributed by atoms with Crippen molar-refractivity contribution in [2.75, 3.05) is 6.54 Å². The number of carbonyl (C=O) groups is 1. The molecule has 1 saturated heterocycles. The van der Waals surface area contributed by atoms with Gasteiger partial charge in [-0.15, -0.1) is 0 Å². The van der Waals surface area contributed by atoms with E-state index in [2.05, 4.69) is 10.3 Å². The van der Waals surface area contributed by atoms with E-state index in [0.717, 1.165) is 42.7 Å². The van der Waals surface area contributed by atoms with Crippen molar-refractivity contribution in [1.29, 1.82) is 0 Å². The molecular weight excluding hydrogens is 250 g/mol. The van der Waals surface area contributed by atoms with Gasteiger partial charge in [-0.2, -0.15) is 0 Å². The number of ketones is 1. The molecular formula is C16H21N3O. The molecule has 4 nitrogen and oxygen atoms in total. The van der Waals surface area contributed by atoms with Crippen molar-refractivity contribution in [2.24, 2.45) is 7.05 Å². The van der Waals surface area contributed by atoms with Crippen molar-refractivity contribution in [1.82, 2.24) is 14.9 Å². The highest BCUT2D eigenvalue weighted by Gasteiger charge is 2.34. The molecule has 0 amide bonds. The summed E-state index contributed by atoms with van der Waals surface area (Å²) in [6, 6.07) is 8.01. The second-order valence-corrected chi connectivity index (χ2v) is 5.89. The molecule has 4 heteroatoms. The quantitative estimate of drug-likeness (QED) is 0.931. The van der Waals surface area contributed by atoms with Crippen LogP contribution in [0.3, 0.4) is 0 Å². The maximum absolute atomic E-state index is 12.6. The second kappa shape index (κ2) is 5.02. The molecule has 0 saturated carbocycles. The highest BCUT2D eigenvalue weighted by molar-refractivity contribution is 5.90. The molecule has 3 rings (SSSR count). The average Bonchev–Trinajstić information content (AvgIpc) is 2.77. The summed E-state index contributed by atoms with van der Waals surface area (Å²) >= 11 is 0. The third kappa shape index (κ3) is 2.24. The molecule has 0 bridgehead atoms. The number of hydrogen-bond acceptors (Lipinski definition) is 3. The van der Waals surface area contributed by atoms with Crippen LogP contribution >= 0.6 is 0 Å². The molecule has 2 heterocycles. The molecule has 1 unspecified atom stereocenters. The number of nitrogens with zero attached hydrogens (tertiary/aromatic N) is 2. The van der Waals surface area contributed by atoms with Crippen LogP contribution in [-0.2, 0) is 18.3 Å². The number of fused-ring (bicyclic) bond motifs is 1. The highest BCUT2D eigenvalue weighted by atomic mass is 16.1. The normalized spacial score (nSPS) is 23.1. The fraction of sp³-hybridized carbons (Fsp3) is 0.500. The van der Waals surface area contributed by atoms with Crippen LogP contribution in [0.1, 0.15) is 32.0 Å². The molecule has 1 fully saturated rings. The number of benzene rings is 1. The summed E-state index contributed by atoms with van der Waals surface area (Å²) < 4.78 is 2.03. The Kier molecular flexibility index (Phi) is 3.34. The van der Waals surface area contributed by atoms with Crippen LogP contribution in [-0.4, -0.2) is 27.4 Å². The lowest BCUT2D eigenvalue weighted by Crippen LogP contribution is -2.53. The first-order valence-electron chi connectivity index (χ1n) is 7.29. The van der Waals surface area contributed by atoms with Gasteiger partial charge in [-0.05, 0) is 44.9 Å². The van der Waals surface area contributed by atoms with Gasteiger partial charge in [-0.1, -0.05) is 12.1 Å². The SMILES string of the molecule is Cn1c(CC(=O)C2(C)CCCCN2)nc2ccccc21. The number of aromatic nitrogens is 2. The first kappa shape index (κ1) is 13.3. The summed E-state index contributed by atoms with van der Waals surface area (Å²) in [5.41, 5.74) is 1.66. The highest BCUT2D eigenvalue weighted by Crippen LogP contribution is 2.22. The molecule has 1 aliphatic rings. The average molecular weight is 271 g/mol. The van der Waals surface area contributed by atoms with Crippen LogP contribution in [0.15, 0.2) is 24.3 Å². The van der Waals surface area contributed by atoms with Gasteiger partial charge in [0.15, 0.2) is 5.78 Å². The molecule has 106 valence electrons. The third-order valence-electron chi connectivity index (χ3n) is 4.43. The molecule has 1 aromatic heterocycles. The van der Waals surface area contributed by atoms with Gasteiger partial charge < -0.3 is 9.88 Å². The van der Waals surface area contributed by atoms with Gasteiger partial charge in [0, 0.05) is 7.05 Å². The minimum atomic E-state index is -0.379. The van der Waals surface area contributed by atoms with E-state index in [9.17, 15) is 4.79 Å². The molecule has 1 aliphatic heterocycles. The van der Waals surface area contributed by atoms with E-state index in [1.165, 1.54) is 0 Å². The predicted molar refractivity (Wildman–Crippen MR) is 79.7 cm³/mol. The zero-order valence-electron chi connectivity index (χ0n) is 12.1. The summed E-state index contributed by atoms with van der Waals surface area (Å²) in [4.78, 5) is 17.2. The van der Waals surface area contributed by atoms with Crippen LogP contribution in [0.25, 0.3) is 11.0 Å². The van der Waals surface area contributed by atoms with Gasteiger partial charge in [-0.3, -0.25) is 4.79 Å². The first-order valence-corrected chi connectivity index (χ1v) is 7.29. The number of para-hydroxylation sites is 2. The largest absolute Gasteiger partial charge is 0.331 e. The standard InChI is InChI=1S/C16H21N3O/c1-16(9-5-6-10-17-16)14(20)11-15-18-12-7-3-4-8-13(12)19(15)2/h3-4,7-8,17H,5-6,9-11H2,1-2H3. The van der Waals surface area contributed by atoms with Crippen molar-refractivity contribution >= 4 is 16.8 Å². The van der Waals surface area contributed by atoms with Crippen LogP contribution in [0.4, 0.5) is 0 Å². The lowest BCUT2D eigenvalue weighted by Gasteiger charge is -2.33. The maximum Gasteiger partial charge on any atom is 0.160 e. The molecule has 1 N–H and O–H groups in total. The summed E-state index contributed by atoms with van der Waals surface area (Å²) in [5.74, 6) is 1.10. The van der Waals surface area contributed by atoms with Gasteiger partial charge in [-0.25, -0.2) is 4.98 Å². The van der Waals surface area contributed by atoms with Crippen LogP contribution in [0, 0.1) is 0 Å². The van der Waals surface area contributed by atoms with E-state index < -0.39 is 0 Å². The van der Waals surface area contributed by atoms with E-state index in [0.29, 0.717) is 6.42 Å². The summed E-state index contributed by atoms with van der Waals surface area (Å²) in [5, 5.41) is 3.38. The van der Waals surface area contributed by atoms with Crippen molar-refractivity contribution in [3.63, 3.8) is 0 Å². The van der Waals surface area contributed by atoms with Crippen LogP contribution in [0.5, 0.6) is 0 Å². The number of aryl methyl sites for hydroxylation is 1. The monoisotopic (exact) mass is 271 g/mol. The van der Waals surface area contributed by atoms with Gasteiger partial charge in [0.05, 0.1) is 23.0 Å². The summed E-state index contributed by atoms with van der Waals surface area (Å²) in [6.45, 7) is 2.96. The molecule has 1 aromatic carbocycles. The molecule has 0 spiro atoms. The smallest absolute Gasteiger partial charge is 0.160 e. The van der Waals surface area contributed by atoms with Crippen molar-refractivity contribution in [2.45, 2.75) is 38.1 Å². The summed E-state index contributed by atoms with van der Waals surface area (Å²) in [7, 11) is 1.98. The Morgan fingerprint density at radius 3 is 2.90 bits per heavy atom. The van der Waals surface area contributed by atoms with E-state index in [1.807, 2.05) is 42.8 Å². The minimum Gasteiger partial charge on any atom is -0.331 e. The van der Waals surface area contributed by atoms with Gasteiger partial charge >= 0.3 is 0 Å². The van der Waals surface area contributed by atoms with Gasteiger partial charge in [0.1, 0.15) is 5.82 Å². The molecule has 0 aliphatic carbocycles. The predicted octanol–water partition coefficient (Wildman–Crippen LogP) is 2.22. The van der Waals surface area contributed by atoms with Crippen LogP contribution < -0.4 is 5.32 Å². The Balaban J connectivity index is 1.85. The summed E-state index contributed by atoms with van der Waals surface area (Å²) in [6.07, 6.45) is 3.61. The lowest BCUT2D eigenvalue weighted by atomic mass is 9.85. The third-order valence-corrected chi connectivity index (χ3v) is 4.43. The Hall–Kier alpha value is -1.68. The van der Waals surface area contributed by atoms with Gasteiger partial charge in [0.2, 0.25) is 0 Å². The number of nitrogens with one attached hydrogen (secondary N) is 1. The van der Waals surface area contributed by atoms with E-state index in [4.69, 9.17) is 0 Å². The minimum absolute atomic E-state index is 0.246. The zero-order chi connectivity index (χ0) is 14.2. The number of carbonyl (C=O) groups excluding carboxylic acids is 1. The number of imidazole rings is 1. The number of Topliss-reactive ketones (excluding diaryl/α,β-unsaturated/α-hetero) is 1. The number of rotatable bonds is 3. The Morgan fingerprint density at radius 2 is 2.20 bits per heavy atom. The number of piperidine rings is 1. The topological polar surface area (TPSA) is 46.9 Å². The molecule has 2 aromatic rings. The number of hydrogen-bond donors (Lipinski definition) is 1. The molecule has 20 heavy (non-hydrogen) atoms. The van der Waals surface area contributed by atoms with E-state index in [-0.39, 0.29) is 11.3 Å². The Labute approximate surface area is 119 Å². The van der Waals surface area contributed by atoms with Crippen LogP contribution in [0.2, 0.25) is 0 Å². The Bertz CT molecular complexity index is 638.